The third kappa shape index (κ3) is 8.87. The van der Waals surface area contributed by atoms with Gasteiger partial charge < -0.3 is 0 Å². The van der Waals surface area contributed by atoms with Crippen molar-refractivity contribution in [1.29, 1.82) is 0 Å². The van der Waals surface area contributed by atoms with Gasteiger partial charge in [-0.05, 0) is 30.3 Å². The number of hydrogen-bond donors (Lipinski definition) is 2. The molecule has 0 aliphatic heterocycles. The van der Waals surface area contributed by atoms with E-state index in [0.717, 1.165) is 0 Å². The van der Waals surface area contributed by atoms with Crippen LogP contribution in [0.25, 0.3) is 0 Å². The van der Waals surface area contributed by atoms with Gasteiger partial charge in [-0.3, -0.25) is 19.6 Å². The van der Waals surface area contributed by atoms with Crippen molar-refractivity contribution in [2.45, 2.75) is 0 Å². The van der Waals surface area contributed by atoms with Crippen molar-refractivity contribution >= 4 is 35.5 Å². The van der Waals surface area contributed by atoms with Crippen molar-refractivity contribution in [3.05, 3.63) is 96.6 Å². The van der Waals surface area contributed by atoms with E-state index in [1.807, 2.05) is 36.4 Å². The molecule has 4 nitrogen and oxygen atoms in total. The first-order chi connectivity index (χ1) is 11.6. The third-order valence-corrected chi connectivity index (χ3v) is 3.01. The minimum atomic E-state index is -0.355. The molecule has 0 spiro atoms. The molecule has 3 rings (SSSR count). The first kappa shape index (κ1) is 19.6. The van der Waals surface area contributed by atoms with E-state index in [2.05, 4.69) is 35.2 Å². The van der Waals surface area contributed by atoms with Gasteiger partial charge in [0.05, 0.1) is 0 Å². The first-order valence-corrected chi connectivity index (χ1v) is 7.77. The van der Waals surface area contributed by atoms with Crippen molar-refractivity contribution in [3.8, 4) is 0 Å². The van der Waals surface area contributed by atoms with E-state index in [1.54, 1.807) is 43.0 Å². The fourth-order valence-electron chi connectivity index (χ4n) is 1.41. The van der Waals surface area contributed by atoms with E-state index in [1.165, 1.54) is 6.07 Å². The second-order valence-corrected chi connectivity index (χ2v) is 5.05. The molecule has 0 N–H and O–H groups in total. The van der Waals surface area contributed by atoms with E-state index >= 15 is 0 Å². The minimum absolute atomic E-state index is 0.355. The summed E-state index contributed by atoms with van der Waals surface area (Å²) in [4.78, 5) is 29.1. The monoisotopic (exact) mass is 356 g/mol. The molecular weight excluding hydrogens is 340 g/mol. The van der Waals surface area contributed by atoms with Gasteiger partial charge in [-0.15, -0.1) is 25.3 Å². The molecule has 2 aromatic heterocycles. The summed E-state index contributed by atoms with van der Waals surface area (Å²) in [6.45, 7) is 0. The lowest BCUT2D eigenvalue weighted by Gasteiger charge is -1.96. The van der Waals surface area contributed by atoms with Gasteiger partial charge >= 0.3 is 0 Å². The molecule has 6 heteroatoms. The summed E-state index contributed by atoms with van der Waals surface area (Å²) in [6, 6.07) is 17.7. The maximum atomic E-state index is 10.7. The summed E-state index contributed by atoms with van der Waals surface area (Å²) in [5.74, 6) is 0. The van der Waals surface area contributed by atoms with E-state index in [4.69, 9.17) is 0 Å². The quantitative estimate of drug-likeness (QED) is 0.682. The third-order valence-electron chi connectivity index (χ3n) is 2.49. The Hall–Kier alpha value is -2.44. The van der Waals surface area contributed by atoms with Gasteiger partial charge in [0.1, 0.15) is 0 Å². The smallest absolute Gasteiger partial charge is 0.216 e. The van der Waals surface area contributed by atoms with Crippen LogP contribution in [0.2, 0.25) is 0 Å². The van der Waals surface area contributed by atoms with Gasteiger partial charge in [0, 0.05) is 35.9 Å². The van der Waals surface area contributed by atoms with Crippen LogP contribution in [0, 0.1) is 0 Å². The lowest BCUT2D eigenvalue weighted by Crippen LogP contribution is -1.93. The fourth-order valence-corrected chi connectivity index (χ4v) is 1.69. The predicted octanol–water partition coefficient (Wildman–Crippen LogP) is 3.99. The summed E-state index contributed by atoms with van der Waals surface area (Å²) in [6.07, 6.45) is 7.00. The molecule has 0 saturated carbocycles. The Balaban J connectivity index is 0.000000200. The van der Waals surface area contributed by atoms with Crippen LogP contribution in [0.4, 0.5) is 0 Å². The van der Waals surface area contributed by atoms with Crippen LogP contribution in [-0.4, -0.2) is 20.2 Å². The van der Waals surface area contributed by atoms with Crippen LogP contribution in [0.5, 0.6) is 0 Å². The number of hydrogen-bond acceptors (Lipinski definition) is 4. The molecule has 3 aromatic rings. The van der Waals surface area contributed by atoms with Crippen molar-refractivity contribution in [2.24, 2.45) is 0 Å². The van der Waals surface area contributed by atoms with Crippen LogP contribution in [0.3, 0.4) is 0 Å². The molecule has 0 bridgehead atoms. The summed E-state index contributed by atoms with van der Waals surface area (Å²) in [7, 11) is 0. The van der Waals surface area contributed by atoms with Gasteiger partial charge in [0.2, 0.25) is 10.2 Å². The second kappa shape index (κ2) is 12.0. The molecule has 2 heterocycles. The van der Waals surface area contributed by atoms with E-state index in [0.29, 0.717) is 11.1 Å². The Labute approximate surface area is 151 Å². The zero-order chi connectivity index (χ0) is 17.6. The average Bonchev–Trinajstić information content (AvgIpc) is 2.65. The Morgan fingerprint density at radius 2 is 1.00 bits per heavy atom. The molecule has 0 fully saturated rings. The average molecular weight is 356 g/mol. The highest BCUT2D eigenvalue weighted by Crippen LogP contribution is 2.09. The van der Waals surface area contributed by atoms with Crippen LogP contribution < -0.4 is 0 Å². The Bertz CT molecular complexity index is 624. The van der Waals surface area contributed by atoms with Crippen molar-refractivity contribution in [2.75, 3.05) is 0 Å². The fraction of sp³-hybridized carbons (Fsp3) is 0. The highest BCUT2D eigenvalue weighted by molar-refractivity contribution is 7.97. The van der Waals surface area contributed by atoms with Crippen molar-refractivity contribution < 1.29 is 9.59 Å². The molecule has 122 valence electrons. The molecule has 0 unspecified atom stereocenters. The number of pyridine rings is 2. The summed E-state index contributed by atoms with van der Waals surface area (Å²) < 4.78 is 0. The van der Waals surface area contributed by atoms with Crippen molar-refractivity contribution in [3.63, 3.8) is 0 Å². The van der Waals surface area contributed by atoms with Gasteiger partial charge in [-0.1, -0.05) is 30.3 Å². The van der Waals surface area contributed by atoms with Crippen LogP contribution in [0.1, 0.15) is 20.7 Å². The SMILES string of the molecule is O=C(S)c1cccc(C(=O)S)c1.c1ccncc1.c1ccncc1. The highest BCUT2D eigenvalue weighted by atomic mass is 32.1. The lowest BCUT2D eigenvalue weighted by molar-refractivity contribution is 0.109. The number of carbonyl (C=O) groups is 2. The number of aromatic nitrogens is 2. The molecule has 0 amide bonds. The minimum Gasteiger partial charge on any atom is -0.282 e. The zero-order valence-corrected chi connectivity index (χ0v) is 14.5. The number of benzene rings is 1. The predicted molar refractivity (Wildman–Crippen MR) is 102 cm³/mol. The molecule has 0 radical (unpaired) electrons. The van der Waals surface area contributed by atoms with Gasteiger partial charge in [0.15, 0.2) is 0 Å². The number of thiol groups is 2. The Morgan fingerprint density at radius 3 is 1.21 bits per heavy atom. The van der Waals surface area contributed by atoms with Crippen LogP contribution in [-0.2, 0) is 0 Å². The summed E-state index contributed by atoms with van der Waals surface area (Å²) >= 11 is 7.26. The Morgan fingerprint density at radius 1 is 0.625 bits per heavy atom. The first-order valence-electron chi connectivity index (χ1n) is 6.88. The standard InChI is InChI=1S/C8H6O2S2.2C5H5N/c9-7(11)5-2-1-3-6(4-5)8(10)12;2*1-2-4-6-5-3-1/h1-4H,(H,9,11)(H,10,12);2*1-5H. The largest absolute Gasteiger partial charge is 0.282 e. The molecular formula is C18H16N2O2S2. The summed E-state index contributed by atoms with van der Waals surface area (Å²) in [5, 5.41) is -0.710. The lowest BCUT2D eigenvalue weighted by atomic mass is 10.1. The maximum absolute atomic E-state index is 10.7. The number of nitrogens with zero attached hydrogens (tertiary/aromatic N) is 2. The molecule has 0 saturated heterocycles. The topological polar surface area (TPSA) is 59.9 Å². The van der Waals surface area contributed by atoms with Crippen molar-refractivity contribution in [1.82, 2.24) is 9.97 Å². The summed E-state index contributed by atoms with van der Waals surface area (Å²) in [5.41, 5.74) is 0.802. The molecule has 24 heavy (non-hydrogen) atoms. The van der Waals surface area contributed by atoms with Gasteiger partial charge in [0.25, 0.3) is 0 Å². The molecule has 0 atom stereocenters. The molecule has 0 aliphatic rings. The zero-order valence-electron chi connectivity index (χ0n) is 12.7. The molecule has 0 aliphatic carbocycles. The normalized spacial score (nSPS) is 8.75. The molecule has 1 aromatic carbocycles. The van der Waals surface area contributed by atoms with Gasteiger partial charge in [-0.2, -0.15) is 0 Å². The van der Waals surface area contributed by atoms with Crippen LogP contribution >= 0.6 is 25.3 Å². The highest BCUT2D eigenvalue weighted by Gasteiger charge is 2.03. The number of rotatable bonds is 2. The van der Waals surface area contributed by atoms with Crippen LogP contribution in [0.15, 0.2) is 85.5 Å². The van der Waals surface area contributed by atoms with Gasteiger partial charge in [-0.25, -0.2) is 0 Å². The van der Waals surface area contributed by atoms with E-state index in [-0.39, 0.29) is 10.2 Å². The Kier molecular flexibility index (Phi) is 9.84. The maximum Gasteiger partial charge on any atom is 0.216 e. The van der Waals surface area contributed by atoms with E-state index in [9.17, 15) is 9.59 Å². The van der Waals surface area contributed by atoms with E-state index < -0.39 is 0 Å². The number of carbonyl (C=O) groups excluding carboxylic acids is 2. The second-order valence-electron chi connectivity index (χ2n) is 4.24.